The number of ether oxygens (including phenoxy) is 1. The van der Waals surface area contributed by atoms with Crippen molar-refractivity contribution in [1.82, 2.24) is 10.1 Å². The topological polar surface area (TPSA) is 74.2 Å². The molecule has 13 heavy (non-hydrogen) atoms. The lowest BCUT2D eigenvalue weighted by Crippen LogP contribution is -2.05. The van der Waals surface area contributed by atoms with Crippen molar-refractivity contribution in [2.75, 3.05) is 6.61 Å². The van der Waals surface area contributed by atoms with Gasteiger partial charge < -0.3 is 15.0 Å². The van der Waals surface area contributed by atoms with Crippen LogP contribution in [0.25, 0.3) is 0 Å². The SMILES string of the molecule is CCOC(CC)c1noc(CN)n1. The molecular formula is C8H15N3O2. The molecule has 0 fully saturated rings. The molecule has 2 N–H and O–H groups in total. The van der Waals surface area contributed by atoms with Crippen molar-refractivity contribution in [3.63, 3.8) is 0 Å². The van der Waals surface area contributed by atoms with Crippen LogP contribution in [0.5, 0.6) is 0 Å². The van der Waals surface area contributed by atoms with Crippen LogP contribution in [0.3, 0.4) is 0 Å². The van der Waals surface area contributed by atoms with Crippen LogP contribution in [-0.2, 0) is 11.3 Å². The first-order valence-electron chi connectivity index (χ1n) is 4.45. The molecule has 0 amide bonds. The minimum absolute atomic E-state index is 0.0750. The second kappa shape index (κ2) is 4.94. The van der Waals surface area contributed by atoms with E-state index in [2.05, 4.69) is 10.1 Å². The highest BCUT2D eigenvalue weighted by atomic mass is 16.5. The first kappa shape index (κ1) is 10.1. The zero-order valence-corrected chi connectivity index (χ0v) is 7.99. The summed E-state index contributed by atoms with van der Waals surface area (Å²) in [4.78, 5) is 4.09. The Morgan fingerprint density at radius 3 is 2.77 bits per heavy atom. The summed E-state index contributed by atoms with van der Waals surface area (Å²) in [5.74, 6) is 1.04. The first-order chi connectivity index (χ1) is 6.31. The third kappa shape index (κ3) is 2.50. The van der Waals surface area contributed by atoms with Crippen molar-refractivity contribution in [3.8, 4) is 0 Å². The second-order valence-corrected chi connectivity index (χ2v) is 2.60. The maximum absolute atomic E-state index is 5.41. The number of nitrogens with zero attached hydrogens (tertiary/aromatic N) is 2. The van der Waals surface area contributed by atoms with Gasteiger partial charge in [0.25, 0.3) is 0 Å². The van der Waals surface area contributed by atoms with Crippen LogP contribution < -0.4 is 5.73 Å². The molecule has 0 spiro atoms. The van der Waals surface area contributed by atoms with E-state index >= 15 is 0 Å². The monoisotopic (exact) mass is 185 g/mol. The molecule has 5 heteroatoms. The molecule has 0 saturated carbocycles. The highest BCUT2D eigenvalue weighted by molar-refractivity contribution is 4.90. The summed E-state index contributed by atoms with van der Waals surface area (Å²) < 4.78 is 10.3. The summed E-state index contributed by atoms with van der Waals surface area (Å²) in [5, 5.41) is 3.79. The van der Waals surface area contributed by atoms with E-state index in [4.69, 9.17) is 15.0 Å². The highest BCUT2D eigenvalue weighted by Crippen LogP contribution is 2.17. The molecule has 0 aliphatic rings. The molecule has 1 aromatic heterocycles. The summed E-state index contributed by atoms with van der Waals surface area (Å²) >= 11 is 0. The number of rotatable bonds is 5. The number of aromatic nitrogens is 2. The molecule has 1 aromatic rings. The van der Waals surface area contributed by atoms with Crippen LogP contribution >= 0.6 is 0 Å². The molecule has 0 radical (unpaired) electrons. The lowest BCUT2D eigenvalue weighted by atomic mass is 10.2. The molecule has 0 saturated heterocycles. The van der Waals surface area contributed by atoms with Gasteiger partial charge in [-0.25, -0.2) is 0 Å². The highest BCUT2D eigenvalue weighted by Gasteiger charge is 2.15. The Morgan fingerprint density at radius 1 is 1.54 bits per heavy atom. The van der Waals surface area contributed by atoms with Gasteiger partial charge in [-0.15, -0.1) is 0 Å². The van der Waals surface area contributed by atoms with Gasteiger partial charge in [-0.3, -0.25) is 0 Å². The Bertz CT molecular complexity index is 249. The van der Waals surface area contributed by atoms with Gasteiger partial charge in [-0.1, -0.05) is 12.1 Å². The Balaban J connectivity index is 2.67. The quantitative estimate of drug-likeness (QED) is 0.741. The van der Waals surface area contributed by atoms with Crippen molar-refractivity contribution in [3.05, 3.63) is 11.7 Å². The Morgan fingerprint density at radius 2 is 2.31 bits per heavy atom. The van der Waals surface area contributed by atoms with Gasteiger partial charge in [-0.2, -0.15) is 4.98 Å². The van der Waals surface area contributed by atoms with Crippen molar-refractivity contribution in [2.24, 2.45) is 5.73 Å². The molecule has 0 aliphatic carbocycles. The molecule has 1 rings (SSSR count). The average Bonchev–Trinajstić information content (AvgIpc) is 2.62. The van der Waals surface area contributed by atoms with E-state index in [0.29, 0.717) is 18.3 Å². The van der Waals surface area contributed by atoms with E-state index in [-0.39, 0.29) is 12.6 Å². The van der Waals surface area contributed by atoms with E-state index in [1.165, 1.54) is 0 Å². The molecule has 0 aromatic carbocycles. The molecule has 74 valence electrons. The molecular weight excluding hydrogens is 170 g/mol. The van der Waals surface area contributed by atoms with Crippen molar-refractivity contribution in [1.29, 1.82) is 0 Å². The fourth-order valence-corrected chi connectivity index (χ4v) is 1.06. The summed E-state index contributed by atoms with van der Waals surface area (Å²) in [6.07, 6.45) is 0.756. The number of hydrogen-bond acceptors (Lipinski definition) is 5. The van der Waals surface area contributed by atoms with Crippen molar-refractivity contribution in [2.45, 2.75) is 32.9 Å². The van der Waals surface area contributed by atoms with Crippen LogP contribution in [0.15, 0.2) is 4.52 Å². The molecule has 1 atom stereocenters. The zero-order valence-electron chi connectivity index (χ0n) is 7.99. The van der Waals surface area contributed by atoms with Crippen LogP contribution in [0, 0.1) is 0 Å². The summed E-state index contributed by atoms with van der Waals surface area (Å²) in [5.41, 5.74) is 5.34. The minimum Gasteiger partial charge on any atom is -0.370 e. The fourth-order valence-electron chi connectivity index (χ4n) is 1.06. The van der Waals surface area contributed by atoms with Crippen LogP contribution in [0.4, 0.5) is 0 Å². The minimum atomic E-state index is -0.0750. The van der Waals surface area contributed by atoms with Crippen LogP contribution in [0.1, 0.15) is 38.1 Å². The maximum atomic E-state index is 5.41. The Kier molecular flexibility index (Phi) is 3.85. The zero-order chi connectivity index (χ0) is 9.68. The standard InChI is InChI=1S/C8H15N3O2/c1-3-6(12-4-2)8-10-7(5-9)13-11-8/h6H,3-5,9H2,1-2H3. The van der Waals surface area contributed by atoms with Gasteiger partial charge in [0.2, 0.25) is 11.7 Å². The normalized spacial score (nSPS) is 13.2. The Labute approximate surface area is 77.3 Å². The Hall–Kier alpha value is -0.940. The molecule has 5 nitrogen and oxygen atoms in total. The van der Waals surface area contributed by atoms with E-state index in [1.54, 1.807) is 0 Å². The van der Waals surface area contributed by atoms with Crippen molar-refractivity contribution < 1.29 is 9.26 Å². The van der Waals surface area contributed by atoms with Gasteiger partial charge in [0.05, 0.1) is 6.54 Å². The van der Waals surface area contributed by atoms with E-state index < -0.39 is 0 Å². The summed E-state index contributed by atoms with van der Waals surface area (Å²) in [6, 6.07) is 0. The van der Waals surface area contributed by atoms with Gasteiger partial charge in [0.1, 0.15) is 6.10 Å². The predicted octanol–water partition coefficient (Wildman–Crippen LogP) is 1.02. The largest absolute Gasteiger partial charge is 0.370 e. The van der Waals surface area contributed by atoms with Crippen LogP contribution in [0.2, 0.25) is 0 Å². The average molecular weight is 185 g/mol. The van der Waals surface area contributed by atoms with Gasteiger partial charge in [0, 0.05) is 6.61 Å². The number of hydrogen-bond donors (Lipinski definition) is 1. The molecule has 0 bridgehead atoms. The smallest absolute Gasteiger partial charge is 0.240 e. The summed E-state index contributed by atoms with van der Waals surface area (Å²) in [6.45, 7) is 4.87. The van der Waals surface area contributed by atoms with Crippen molar-refractivity contribution >= 4 is 0 Å². The second-order valence-electron chi connectivity index (χ2n) is 2.60. The maximum Gasteiger partial charge on any atom is 0.240 e. The third-order valence-corrected chi connectivity index (χ3v) is 1.69. The van der Waals surface area contributed by atoms with Gasteiger partial charge >= 0.3 is 0 Å². The van der Waals surface area contributed by atoms with Crippen LogP contribution in [-0.4, -0.2) is 16.7 Å². The van der Waals surface area contributed by atoms with Gasteiger partial charge in [0.15, 0.2) is 0 Å². The lowest BCUT2D eigenvalue weighted by molar-refractivity contribution is 0.0518. The first-order valence-corrected chi connectivity index (χ1v) is 4.45. The lowest BCUT2D eigenvalue weighted by Gasteiger charge is -2.09. The van der Waals surface area contributed by atoms with E-state index in [9.17, 15) is 0 Å². The molecule has 1 heterocycles. The fraction of sp³-hybridized carbons (Fsp3) is 0.750. The van der Waals surface area contributed by atoms with Gasteiger partial charge in [-0.05, 0) is 13.3 Å². The third-order valence-electron chi connectivity index (χ3n) is 1.69. The van der Waals surface area contributed by atoms with E-state index in [1.807, 2.05) is 13.8 Å². The summed E-state index contributed by atoms with van der Waals surface area (Å²) in [7, 11) is 0. The predicted molar refractivity (Wildman–Crippen MR) is 46.8 cm³/mol. The number of nitrogens with two attached hydrogens (primary N) is 1. The van der Waals surface area contributed by atoms with E-state index in [0.717, 1.165) is 6.42 Å². The molecule has 0 aliphatic heterocycles. The molecule has 1 unspecified atom stereocenters.